The third kappa shape index (κ3) is 2.58. The van der Waals surface area contributed by atoms with Crippen LogP contribution in [0.3, 0.4) is 0 Å². The summed E-state index contributed by atoms with van der Waals surface area (Å²) in [5.41, 5.74) is 3.09. The van der Waals surface area contributed by atoms with Crippen LogP contribution in [-0.4, -0.2) is 63.2 Å². The summed E-state index contributed by atoms with van der Waals surface area (Å²) in [6.07, 6.45) is 8.17. The highest BCUT2D eigenvalue weighted by atomic mass is 16.5. The number of rotatable bonds is 3. The second-order valence-corrected chi connectivity index (χ2v) is 8.44. The van der Waals surface area contributed by atoms with Crippen molar-refractivity contribution in [2.24, 2.45) is 5.92 Å². The number of ether oxygens (including phenoxy) is 1. The van der Waals surface area contributed by atoms with Crippen molar-refractivity contribution in [3.63, 3.8) is 0 Å². The van der Waals surface area contributed by atoms with Crippen LogP contribution >= 0.6 is 0 Å². The van der Waals surface area contributed by atoms with E-state index in [1.807, 2.05) is 23.0 Å². The molecule has 0 aromatic carbocycles. The van der Waals surface area contributed by atoms with Crippen LogP contribution in [0.5, 0.6) is 0 Å². The number of H-pyrrole nitrogens is 1. The van der Waals surface area contributed by atoms with Gasteiger partial charge in [0, 0.05) is 44.9 Å². The highest BCUT2D eigenvalue weighted by Crippen LogP contribution is 2.35. The molecule has 4 aliphatic rings. The molecule has 4 aliphatic heterocycles. The van der Waals surface area contributed by atoms with Crippen LogP contribution in [0.25, 0.3) is 17.0 Å². The third-order valence-corrected chi connectivity index (χ3v) is 6.28. The van der Waals surface area contributed by atoms with E-state index >= 15 is 0 Å². The van der Waals surface area contributed by atoms with Crippen LogP contribution in [0.4, 0.5) is 11.5 Å². The Morgan fingerprint density at radius 3 is 2.79 bits per heavy atom. The number of nitrogens with zero attached hydrogens (tertiary/aromatic N) is 6. The van der Waals surface area contributed by atoms with E-state index in [0.29, 0.717) is 18.1 Å². The smallest absolute Gasteiger partial charge is 0.182 e. The second kappa shape index (κ2) is 6.20. The molecule has 3 aromatic heterocycles. The number of aromatic amines is 1. The normalized spacial score (nSPS) is 27.2. The Morgan fingerprint density at radius 1 is 1.18 bits per heavy atom. The molecule has 3 unspecified atom stereocenters. The molecule has 28 heavy (non-hydrogen) atoms. The SMILES string of the molecule is CC1CCCN(c2cc(N3CC4CC(C3)O4)nn3c(-c4cc[nH]n4)ncc23)C1. The summed E-state index contributed by atoms with van der Waals surface area (Å²) in [6, 6.07) is 4.20. The maximum Gasteiger partial charge on any atom is 0.182 e. The zero-order chi connectivity index (χ0) is 18.7. The van der Waals surface area contributed by atoms with Gasteiger partial charge in [-0.3, -0.25) is 5.10 Å². The van der Waals surface area contributed by atoms with Crippen molar-refractivity contribution in [2.45, 2.75) is 38.4 Å². The van der Waals surface area contributed by atoms with Gasteiger partial charge >= 0.3 is 0 Å². The van der Waals surface area contributed by atoms with Crippen molar-refractivity contribution in [3.05, 3.63) is 24.5 Å². The van der Waals surface area contributed by atoms with E-state index in [4.69, 9.17) is 9.84 Å². The molecule has 2 bridgehead atoms. The fraction of sp³-hybridized carbons (Fsp3) is 0.550. The number of anilines is 2. The van der Waals surface area contributed by atoms with Crippen LogP contribution in [-0.2, 0) is 4.74 Å². The number of nitrogens with one attached hydrogen (secondary N) is 1. The van der Waals surface area contributed by atoms with E-state index in [1.54, 1.807) is 0 Å². The van der Waals surface area contributed by atoms with E-state index in [0.717, 1.165) is 49.0 Å². The van der Waals surface area contributed by atoms with E-state index in [9.17, 15) is 0 Å². The molecule has 8 nitrogen and oxygen atoms in total. The van der Waals surface area contributed by atoms with Crippen molar-refractivity contribution in [1.82, 2.24) is 24.8 Å². The Bertz CT molecular complexity index is 982. The standard InChI is InChI=1S/C20H25N7O/c1-13-3-2-6-25(10-13)17-8-19(26-11-14-7-15(12-26)28-14)24-27-18(17)9-21-20(27)16-4-5-22-23-16/h4-5,8-9,13-15H,2-3,6-7,10-12H2,1H3,(H,22,23). The molecule has 4 saturated heterocycles. The molecule has 7 heterocycles. The molecule has 146 valence electrons. The van der Waals surface area contributed by atoms with Gasteiger partial charge < -0.3 is 14.5 Å². The van der Waals surface area contributed by atoms with Gasteiger partial charge in [0.2, 0.25) is 0 Å². The third-order valence-electron chi connectivity index (χ3n) is 6.28. The Labute approximate surface area is 163 Å². The van der Waals surface area contributed by atoms with Crippen LogP contribution < -0.4 is 9.80 Å². The van der Waals surface area contributed by atoms with Crippen LogP contribution in [0.2, 0.25) is 0 Å². The molecule has 0 spiro atoms. The summed E-state index contributed by atoms with van der Waals surface area (Å²) in [5, 5.41) is 12.2. The largest absolute Gasteiger partial charge is 0.371 e. The van der Waals surface area contributed by atoms with Crippen molar-refractivity contribution in [3.8, 4) is 11.5 Å². The van der Waals surface area contributed by atoms with Crippen LogP contribution in [0.1, 0.15) is 26.2 Å². The summed E-state index contributed by atoms with van der Waals surface area (Å²) in [4.78, 5) is 9.54. The first-order chi connectivity index (χ1) is 13.7. The van der Waals surface area contributed by atoms with Crippen molar-refractivity contribution in [2.75, 3.05) is 36.0 Å². The minimum atomic E-state index is 0.350. The Morgan fingerprint density at radius 2 is 2.04 bits per heavy atom. The molecule has 7 rings (SSSR count). The molecule has 3 atom stereocenters. The molecule has 0 amide bonds. The summed E-state index contributed by atoms with van der Waals surface area (Å²) >= 11 is 0. The molecule has 0 radical (unpaired) electrons. The van der Waals surface area contributed by atoms with Gasteiger partial charge in [-0.25, -0.2) is 9.50 Å². The lowest BCUT2D eigenvalue weighted by molar-refractivity contribution is -0.133. The Kier molecular flexibility index (Phi) is 3.62. The van der Waals surface area contributed by atoms with E-state index < -0.39 is 0 Å². The monoisotopic (exact) mass is 379 g/mol. The van der Waals surface area contributed by atoms with Gasteiger partial charge in [-0.2, -0.15) is 5.10 Å². The van der Waals surface area contributed by atoms with Crippen LogP contribution in [0, 0.1) is 5.92 Å². The summed E-state index contributed by atoms with van der Waals surface area (Å²) in [5.74, 6) is 2.49. The first-order valence-electron chi connectivity index (χ1n) is 10.3. The van der Waals surface area contributed by atoms with E-state index in [2.05, 4.69) is 38.0 Å². The molecule has 3 aromatic rings. The number of morpholine rings is 1. The lowest BCUT2D eigenvalue weighted by Gasteiger charge is -2.47. The molecule has 0 saturated carbocycles. The van der Waals surface area contributed by atoms with Crippen molar-refractivity contribution < 1.29 is 4.74 Å². The predicted octanol–water partition coefficient (Wildman–Crippen LogP) is 2.33. The van der Waals surface area contributed by atoms with Crippen LogP contribution in [0.15, 0.2) is 24.5 Å². The molecular formula is C20H25N7O. The molecule has 8 heteroatoms. The van der Waals surface area contributed by atoms with Crippen molar-refractivity contribution in [1.29, 1.82) is 0 Å². The van der Waals surface area contributed by atoms with Crippen molar-refractivity contribution >= 4 is 17.0 Å². The first-order valence-corrected chi connectivity index (χ1v) is 10.3. The average Bonchev–Trinajstić information content (AvgIpc) is 3.36. The molecule has 4 fully saturated rings. The topological polar surface area (TPSA) is 74.6 Å². The average molecular weight is 379 g/mol. The van der Waals surface area contributed by atoms with E-state index in [1.165, 1.54) is 24.9 Å². The maximum atomic E-state index is 5.83. The molecule has 1 N–H and O–H groups in total. The number of hydrogen-bond donors (Lipinski definition) is 1. The number of aromatic nitrogens is 5. The molecular weight excluding hydrogens is 354 g/mol. The first kappa shape index (κ1) is 16.4. The number of fused-ring (bicyclic) bond motifs is 3. The van der Waals surface area contributed by atoms with Gasteiger partial charge in [-0.05, 0) is 24.8 Å². The van der Waals surface area contributed by atoms with Gasteiger partial charge in [-0.1, -0.05) is 6.92 Å². The van der Waals surface area contributed by atoms with E-state index in [-0.39, 0.29) is 0 Å². The van der Waals surface area contributed by atoms with Gasteiger partial charge in [0.15, 0.2) is 11.6 Å². The minimum Gasteiger partial charge on any atom is -0.371 e. The van der Waals surface area contributed by atoms with Gasteiger partial charge in [0.1, 0.15) is 11.2 Å². The lowest BCUT2D eigenvalue weighted by atomic mass is 9.98. The lowest BCUT2D eigenvalue weighted by Crippen LogP contribution is -2.57. The fourth-order valence-corrected chi connectivity index (χ4v) is 4.87. The maximum absolute atomic E-state index is 5.83. The highest BCUT2D eigenvalue weighted by Gasteiger charge is 2.39. The number of piperidine rings is 2. The Balaban J connectivity index is 1.48. The number of hydrogen-bond acceptors (Lipinski definition) is 6. The zero-order valence-electron chi connectivity index (χ0n) is 16.1. The minimum absolute atomic E-state index is 0.350. The zero-order valence-corrected chi connectivity index (χ0v) is 16.1. The van der Waals surface area contributed by atoms with Gasteiger partial charge in [-0.15, -0.1) is 5.10 Å². The molecule has 0 aliphatic carbocycles. The predicted molar refractivity (Wildman–Crippen MR) is 107 cm³/mol. The summed E-state index contributed by atoms with van der Waals surface area (Å²) < 4.78 is 7.80. The second-order valence-electron chi connectivity index (χ2n) is 8.44. The number of imidazole rings is 1. The summed E-state index contributed by atoms with van der Waals surface area (Å²) in [6.45, 7) is 6.33. The van der Waals surface area contributed by atoms with Gasteiger partial charge in [0.25, 0.3) is 0 Å². The van der Waals surface area contributed by atoms with Gasteiger partial charge in [0.05, 0.1) is 24.1 Å². The Hall–Kier alpha value is -2.61. The quantitative estimate of drug-likeness (QED) is 0.753. The highest BCUT2D eigenvalue weighted by molar-refractivity contribution is 5.77. The fourth-order valence-electron chi connectivity index (χ4n) is 4.87. The summed E-state index contributed by atoms with van der Waals surface area (Å²) in [7, 11) is 0.